The second-order valence-corrected chi connectivity index (χ2v) is 4.02. The molecule has 0 spiro atoms. The van der Waals surface area contributed by atoms with Crippen molar-refractivity contribution in [1.29, 1.82) is 0 Å². The van der Waals surface area contributed by atoms with Crippen LogP contribution >= 0.6 is 0 Å². The van der Waals surface area contributed by atoms with Crippen LogP contribution in [0.2, 0.25) is 0 Å². The first kappa shape index (κ1) is 16.5. The second kappa shape index (κ2) is 6.24. The number of rotatable bonds is 6. The van der Waals surface area contributed by atoms with Crippen molar-refractivity contribution >= 4 is 17.8 Å². The van der Waals surface area contributed by atoms with Crippen molar-refractivity contribution < 1.29 is 27.9 Å². The lowest BCUT2D eigenvalue weighted by Gasteiger charge is -2.14. The molecule has 0 aliphatic carbocycles. The van der Waals surface area contributed by atoms with Gasteiger partial charge in [0.05, 0.1) is 0 Å². The number of anilines is 1. The largest absolute Gasteiger partial charge is 0.480 e. The number of carboxylic acid groups (broad SMARTS) is 1. The molecule has 1 atom stereocenters. The van der Waals surface area contributed by atoms with Gasteiger partial charge in [0.15, 0.2) is 5.69 Å². The number of aromatic nitrogens is 2. The van der Waals surface area contributed by atoms with E-state index in [0.29, 0.717) is 0 Å². The Morgan fingerprint density at radius 3 is 2.57 bits per heavy atom. The molecule has 1 rings (SSSR count). The summed E-state index contributed by atoms with van der Waals surface area (Å²) in [5.41, 5.74) is 2.29. The molecule has 0 saturated carbocycles. The van der Waals surface area contributed by atoms with Gasteiger partial charge in [-0.05, 0) is 6.42 Å². The van der Waals surface area contributed by atoms with Gasteiger partial charge >= 0.3 is 12.1 Å². The zero-order chi connectivity index (χ0) is 16.2. The summed E-state index contributed by atoms with van der Waals surface area (Å²) in [6, 6.07) is -1.19. The first-order chi connectivity index (χ1) is 9.59. The minimum atomic E-state index is -4.85. The number of carboxylic acids is 1. The van der Waals surface area contributed by atoms with Gasteiger partial charge in [-0.3, -0.25) is 14.6 Å². The Hall–Kier alpha value is -2.59. The number of carbonyl (C=O) groups is 2. The van der Waals surface area contributed by atoms with Gasteiger partial charge < -0.3 is 16.2 Å². The maximum atomic E-state index is 12.5. The predicted octanol–water partition coefficient (Wildman–Crippen LogP) is -0.0807. The molecule has 0 saturated heterocycles. The Bertz CT molecular complexity index is 599. The van der Waals surface area contributed by atoms with Crippen LogP contribution in [0.1, 0.15) is 18.5 Å². The Morgan fingerprint density at radius 1 is 1.48 bits per heavy atom. The van der Waals surface area contributed by atoms with Crippen LogP contribution in [0.4, 0.5) is 19.1 Å². The maximum absolute atomic E-state index is 12.5. The number of H-pyrrole nitrogens is 1. The van der Waals surface area contributed by atoms with Crippen LogP contribution in [0, 0.1) is 0 Å². The summed E-state index contributed by atoms with van der Waals surface area (Å²) < 4.78 is 37.4. The van der Waals surface area contributed by atoms with E-state index >= 15 is 0 Å². The highest BCUT2D eigenvalue weighted by Crippen LogP contribution is 2.26. The van der Waals surface area contributed by atoms with Crippen LogP contribution in [0.25, 0.3) is 0 Å². The monoisotopic (exact) mass is 308 g/mol. The van der Waals surface area contributed by atoms with E-state index in [4.69, 9.17) is 10.8 Å². The molecule has 0 radical (unpaired) electrons. The van der Waals surface area contributed by atoms with Crippen LogP contribution in [-0.4, -0.2) is 33.0 Å². The summed E-state index contributed by atoms with van der Waals surface area (Å²) >= 11 is 0. The van der Waals surface area contributed by atoms with Crippen LogP contribution in [0.5, 0.6) is 0 Å². The van der Waals surface area contributed by atoms with Gasteiger partial charge in [0.25, 0.3) is 5.56 Å². The predicted molar refractivity (Wildman–Crippen MR) is 63.3 cm³/mol. The Morgan fingerprint density at radius 2 is 2.10 bits per heavy atom. The third kappa shape index (κ3) is 5.12. The number of primary amides is 1. The Balaban J connectivity index is 2.99. The fourth-order valence-corrected chi connectivity index (χ4v) is 1.38. The van der Waals surface area contributed by atoms with Gasteiger partial charge in [0.1, 0.15) is 6.04 Å². The van der Waals surface area contributed by atoms with Crippen LogP contribution in [-0.2, 0) is 15.8 Å². The molecular formula is C10H11F3N4O4. The molecule has 21 heavy (non-hydrogen) atoms. The zero-order valence-electron chi connectivity index (χ0n) is 10.4. The summed E-state index contributed by atoms with van der Waals surface area (Å²) in [5, 5.41) is 11.0. The molecule has 0 fully saturated rings. The summed E-state index contributed by atoms with van der Waals surface area (Å²) in [5.74, 6) is -2.86. The molecule has 0 aliphatic heterocycles. The van der Waals surface area contributed by atoms with Crippen LogP contribution in [0.15, 0.2) is 10.9 Å². The van der Waals surface area contributed by atoms with Gasteiger partial charge in [0.2, 0.25) is 11.9 Å². The van der Waals surface area contributed by atoms with E-state index in [1.54, 1.807) is 0 Å². The lowest BCUT2D eigenvalue weighted by atomic mass is 10.1. The molecule has 5 N–H and O–H groups in total. The van der Waals surface area contributed by atoms with Gasteiger partial charge in [0, 0.05) is 12.5 Å². The molecule has 1 heterocycles. The van der Waals surface area contributed by atoms with Crippen molar-refractivity contribution in [2.24, 2.45) is 5.73 Å². The van der Waals surface area contributed by atoms with Gasteiger partial charge in [-0.15, -0.1) is 0 Å². The first-order valence-electron chi connectivity index (χ1n) is 5.56. The molecule has 8 nitrogen and oxygen atoms in total. The number of aromatic amines is 1. The highest BCUT2D eigenvalue weighted by atomic mass is 19.4. The molecule has 0 bridgehead atoms. The molecule has 11 heteroatoms. The number of nitrogens with one attached hydrogen (secondary N) is 2. The van der Waals surface area contributed by atoms with Gasteiger partial charge in [-0.2, -0.15) is 13.2 Å². The minimum Gasteiger partial charge on any atom is -0.480 e. The van der Waals surface area contributed by atoms with Crippen molar-refractivity contribution in [2.75, 3.05) is 5.32 Å². The van der Waals surface area contributed by atoms with E-state index in [2.05, 4.69) is 10.3 Å². The number of aliphatic carboxylic acids is 1. The SMILES string of the molecule is NC(=O)CCC(Nc1nc(C(F)(F)F)cc(=O)[nH]1)C(=O)O. The van der Waals surface area contributed by atoms with Crippen molar-refractivity contribution in [3.05, 3.63) is 22.1 Å². The number of nitrogens with two attached hydrogens (primary N) is 1. The molecule has 0 aliphatic rings. The third-order valence-corrected chi connectivity index (χ3v) is 2.32. The number of halogens is 3. The molecule has 116 valence electrons. The van der Waals surface area contributed by atoms with E-state index < -0.39 is 41.3 Å². The zero-order valence-corrected chi connectivity index (χ0v) is 10.4. The molecule has 1 amide bonds. The van der Waals surface area contributed by atoms with Crippen LogP contribution < -0.4 is 16.6 Å². The molecule has 1 unspecified atom stereocenters. The normalized spacial score (nSPS) is 12.7. The number of amides is 1. The summed E-state index contributed by atoms with van der Waals surface area (Å²) in [7, 11) is 0. The smallest absolute Gasteiger partial charge is 0.433 e. The molecule has 1 aromatic rings. The minimum absolute atomic E-state index is 0.240. The molecular weight excluding hydrogens is 297 g/mol. The highest BCUT2D eigenvalue weighted by Gasteiger charge is 2.33. The standard InChI is InChI=1S/C10H11F3N4O4/c11-10(12,13)5-3-7(19)17-9(16-5)15-4(8(20)21)1-2-6(14)18/h3-4H,1-2H2,(H2,14,18)(H,20,21)(H2,15,16,17,19). The summed E-state index contributed by atoms with van der Waals surface area (Å²) in [6.45, 7) is 0. The lowest BCUT2D eigenvalue weighted by Crippen LogP contribution is -2.32. The Kier molecular flexibility index (Phi) is 4.89. The van der Waals surface area contributed by atoms with E-state index in [-0.39, 0.29) is 18.9 Å². The van der Waals surface area contributed by atoms with Gasteiger partial charge in [-0.1, -0.05) is 0 Å². The van der Waals surface area contributed by atoms with E-state index in [1.807, 2.05) is 4.98 Å². The molecule has 0 aromatic carbocycles. The average Bonchev–Trinajstić information content (AvgIpc) is 2.32. The third-order valence-electron chi connectivity index (χ3n) is 2.32. The fraction of sp³-hybridized carbons (Fsp3) is 0.400. The number of nitrogens with zero attached hydrogens (tertiary/aromatic N) is 1. The number of carbonyl (C=O) groups excluding carboxylic acids is 1. The first-order valence-corrected chi connectivity index (χ1v) is 5.56. The maximum Gasteiger partial charge on any atom is 0.433 e. The fourth-order valence-electron chi connectivity index (χ4n) is 1.38. The topological polar surface area (TPSA) is 138 Å². The Labute approximate surface area is 115 Å². The number of hydrogen-bond acceptors (Lipinski definition) is 5. The second-order valence-electron chi connectivity index (χ2n) is 4.02. The van der Waals surface area contributed by atoms with Crippen molar-refractivity contribution in [2.45, 2.75) is 25.1 Å². The van der Waals surface area contributed by atoms with Gasteiger partial charge in [-0.25, -0.2) is 9.78 Å². The van der Waals surface area contributed by atoms with Crippen molar-refractivity contribution in [1.82, 2.24) is 9.97 Å². The number of alkyl halides is 3. The summed E-state index contributed by atoms with van der Waals surface area (Å²) in [6.07, 6.45) is -5.42. The highest BCUT2D eigenvalue weighted by molar-refractivity contribution is 5.79. The van der Waals surface area contributed by atoms with E-state index in [0.717, 1.165) is 0 Å². The van der Waals surface area contributed by atoms with E-state index in [9.17, 15) is 27.6 Å². The summed E-state index contributed by atoms with van der Waals surface area (Å²) in [4.78, 5) is 37.7. The average molecular weight is 308 g/mol. The van der Waals surface area contributed by atoms with Crippen molar-refractivity contribution in [3.63, 3.8) is 0 Å². The van der Waals surface area contributed by atoms with Crippen LogP contribution in [0.3, 0.4) is 0 Å². The lowest BCUT2D eigenvalue weighted by molar-refractivity contribution is -0.141. The number of hydrogen-bond donors (Lipinski definition) is 4. The van der Waals surface area contributed by atoms with E-state index in [1.165, 1.54) is 0 Å². The molecule has 1 aromatic heterocycles. The van der Waals surface area contributed by atoms with Crippen molar-refractivity contribution in [3.8, 4) is 0 Å². The quantitative estimate of drug-likeness (QED) is 0.580.